The van der Waals surface area contributed by atoms with E-state index in [4.69, 9.17) is 0 Å². The molecule has 106 valence electrons. The maximum Gasteiger partial charge on any atom is 0.179 e. The van der Waals surface area contributed by atoms with E-state index in [1.165, 1.54) is 4.88 Å². The number of aryl methyl sites for hydroxylation is 1. The van der Waals surface area contributed by atoms with Gasteiger partial charge >= 0.3 is 0 Å². The zero-order chi connectivity index (χ0) is 14.2. The van der Waals surface area contributed by atoms with Crippen molar-refractivity contribution in [3.8, 4) is 0 Å². The lowest BCUT2D eigenvalue weighted by molar-refractivity contribution is 0.275. The Hall–Kier alpha value is -1.24. The average Bonchev–Trinajstić information content (AvgIpc) is 2.76. The summed E-state index contributed by atoms with van der Waals surface area (Å²) in [5.41, 5.74) is 3.77. The fourth-order valence-corrected chi connectivity index (χ4v) is 4.79. The van der Waals surface area contributed by atoms with Crippen LogP contribution in [0.1, 0.15) is 16.1 Å². The first-order valence-electron chi connectivity index (χ1n) is 6.48. The summed E-state index contributed by atoms with van der Waals surface area (Å²) in [4.78, 5) is 8.14. The lowest BCUT2D eigenvalue weighted by atomic mass is 10.2. The van der Waals surface area contributed by atoms with Crippen molar-refractivity contribution in [2.24, 2.45) is 0 Å². The molecule has 1 aliphatic heterocycles. The van der Waals surface area contributed by atoms with Crippen molar-refractivity contribution in [1.29, 1.82) is 0 Å². The van der Waals surface area contributed by atoms with Gasteiger partial charge in [-0.3, -0.25) is 4.90 Å². The topological polar surface area (TPSA) is 50.3 Å². The van der Waals surface area contributed by atoms with Gasteiger partial charge in [0.25, 0.3) is 0 Å². The largest absolute Gasteiger partial charge is 0.293 e. The van der Waals surface area contributed by atoms with E-state index in [0.29, 0.717) is 18.0 Å². The van der Waals surface area contributed by atoms with Gasteiger partial charge in [-0.15, -0.1) is 11.3 Å². The molecule has 0 unspecified atom stereocenters. The number of thiazole rings is 1. The molecule has 3 rings (SSSR count). The van der Waals surface area contributed by atoms with E-state index in [2.05, 4.69) is 9.88 Å². The molecule has 1 aromatic heterocycles. The van der Waals surface area contributed by atoms with Crippen molar-refractivity contribution in [2.75, 3.05) is 12.3 Å². The van der Waals surface area contributed by atoms with E-state index in [0.717, 1.165) is 17.8 Å². The number of sulfone groups is 1. The third-order valence-electron chi connectivity index (χ3n) is 3.59. The van der Waals surface area contributed by atoms with Gasteiger partial charge in [0, 0.05) is 24.5 Å². The first-order valence-corrected chi connectivity index (χ1v) is 9.01. The fraction of sp³-hybridized carbons (Fsp3) is 0.357. The summed E-state index contributed by atoms with van der Waals surface area (Å²) in [5, 5.41) is 0. The van der Waals surface area contributed by atoms with Crippen LogP contribution in [0.4, 0.5) is 0 Å². The molecule has 0 saturated carbocycles. The minimum absolute atomic E-state index is 0.182. The van der Waals surface area contributed by atoms with Crippen LogP contribution in [0.15, 0.2) is 34.7 Å². The van der Waals surface area contributed by atoms with Crippen molar-refractivity contribution in [2.45, 2.75) is 24.9 Å². The van der Waals surface area contributed by atoms with E-state index in [9.17, 15) is 8.42 Å². The summed E-state index contributed by atoms with van der Waals surface area (Å²) in [6.45, 7) is 4.00. The second-order valence-corrected chi connectivity index (χ2v) is 8.02. The zero-order valence-electron chi connectivity index (χ0n) is 11.2. The second kappa shape index (κ2) is 5.27. The predicted octanol–water partition coefficient (Wildman–Crippen LogP) is 2.24. The van der Waals surface area contributed by atoms with Gasteiger partial charge in [-0.25, -0.2) is 13.4 Å². The highest BCUT2D eigenvalue weighted by Gasteiger charge is 2.25. The van der Waals surface area contributed by atoms with Crippen molar-refractivity contribution in [3.63, 3.8) is 0 Å². The van der Waals surface area contributed by atoms with Gasteiger partial charge in [-0.2, -0.15) is 0 Å². The molecular formula is C14H16N2O2S2. The smallest absolute Gasteiger partial charge is 0.179 e. The Bertz CT molecular complexity index is 722. The lowest BCUT2D eigenvalue weighted by Gasteiger charge is -2.19. The molecule has 1 aromatic carbocycles. The van der Waals surface area contributed by atoms with Crippen LogP contribution >= 0.6 is 11.3 Å². The molecule has 0 aliphatic carbocycles. The molecule has 0 saturated heterocycles. The standard InChI is InChI=1S/C14H16N2O2S2/c1-11-13(19-10-15-11)9-16-6-7-20(17,18)14-5-3-2-4-12(14)8-16/h2-5,10H,6-9H2,1H3. The average molecular weight is 308 g/mol. The molecule has 0 bridgehead atoms. The minimum atomic E-state index is -3.15. The minimum Gasteiger partial charge on any atom is -0.293 e. The van der Waals surface area contributed by atoms with Crippen molar-refractivity contribution < 1.29 is 8.42 Å². The molecule has 0 spiro atoms. The summed E-state index contributed by atoms with van der Waals surface area (Å²) in [6.07, 6.45) is 0. The Kier molecular flexibility index (Phi) is 3.62. The summed E-state index contributed by atoms with van der Waals surface area (Å²) in [5.74, 6) is 0.182. The number of hydrogen-bond donors (Lipinski definition) is 0. The van der Waals surface area contributed by atoms with Crippen LogP contribution in [0.3, 0.4) is 0 Å². The van der Waals surface area contributed by atoms with Crippen LogP contribution in [0.2, 0.25) is 0 Å². The van der Waals surface area contributed by atoms with Crippen molar-refractivity contribution in [1.82, 2.24) is 9.88 Å². The van der Waals surface area contributed by atoms with E-state index >= 15 is 0 Å². The summed E-state index contributed by atoms with van der Waals surface area (Å²) in [6, 6.07) is 7.31. The molecule has 20 heavy (non-hydrogen) atoms. The van der Waals surface area contributed by atoms with E-state index < -0.39 is 9.84 Å². The normalized spacial score (nSPS) is 18.4. The van der Waals surface area contributed by atoms with Gasteiger partial charge in [0.1, 0.15) is 0 Å². The van der Waals surface area contributed by atoms with Gasteiger partial charge in [-0.05, 0) is 18.6 Å². The third kappa shape index (κ3) is 2.63. The first-order chi connectivity index (χ1) is 9.56. The number of nitrogens with zero attached hydrogens (tertiary/aromatic N) is 2. The summed E-state index contributed by atoms with van der Waals surface area (Å²) >= 11 is 1.63. The quantitative estimate of drug-likeness (QED) is 0.854. The Balaban J connectivity index is 1.90. The Morgan fingerprint density at radius 2 is 2.15 bits per heavy atom. The van der Waals surface area contributed by atoms with E-state index in [1.807, 2.05) is 24.6 Å². The molecule has 2 aromatic rings. The second-order valence-electron chi connectivity index (χ2n) is 5.00. The monoisotopic (exact) mass is 308 g/mol. The highest BCUT2D eigenvalue weighted by Crippen LogP contribution is 2.24. The summed E-state index contributed by atoms with van der Waals surface area (Å²) in [7, 11) is -3.15. The Morgan fingerprint density at radius 3 is 2.90 bits per heavy atom. The van der Waals surface area contributed by atoms with Crippen molar-refractivity contribution >= 4 is 21.2 Å². The molecule has 0 amide bonds. The number of rotatable bonds is 2. The molecule has 2 heterocycles. The van der Waals surface area contributed by atoms with E-state index in [1.54, 1.807) is 23.5 Å². The maximum absolute atomic E-state index is 12.3. The molecule has 6 heteroatoms. The Labute approximate surface area is 123 Å². The number of benzene rings is 1. The molecule has 4 nitrogen and oxygen atoms in total. The molecule has 0 radical (unpaired) electrons. The number of aromatic nitrogens is 1. The highest BCUT2D eigenvalue weighted by molar-refractivity contribution is 7.91. The SMILES string of the molecule is Cc1ncsc1CN1CCS(=O)(=O)c2ccccc2C1. The number of fused-ring (bicyclic) bond motifs is 1. The van der Waals surface area contributed by atoms with Gasteiger partial charge in [-0.1, -0.05) is 18.2 Å². The lowest BCUT2D eigenvalue weighted by Crippen LogP contribution is -2.25. The van der Waals surface area contributed by atoms with Gasteiger partial charge in [0.2, 0.25) is 0 Å². The van der Waals surface area contributed by atoms with Gasteiger partial charge in [0.05, 0.1) is 21.9 Å². The Morgan fingerprint density at radius 1 is 1.35 bits per heavy atom. The summed E-state index contributed by atoms with van der Waals surface area (Å²) < 4.78 is 24.5. The molecule has 0 N–H and O–H groups in total. The van der Waals surface area contributed by atoms with Crippen LogP contribution in [0.25, 0.3) is 0 Å². The molecule has 0 atom stereocenters. The highest BCUT2D eigenvalue weighted by atomic mass is 32.2. The fourth-order valence-electron chi connectivity index (χ4n) is 2.43. The van der Waals surface area contributed by atoms with Gasteiger partial charge < -0.3 is 0 Å². The predicted molar refractivity (Wildman–Crippen MR) is 79.5 cm³/mol. The molecular weight excluding hydrogens is 292 g/mol. The van der Waals surface area contributed by atoms with Crippen LogP contribution in [-0.4, -0.2) is 30.6 Å². The van der Waals surface area contributed by atoms with Crippen LogP contribution in [-0.2, 0) is 22.9 Å². The molecule has 0 fully saturated rings. The van der Waals surface area contributed by atoms with Crippen LogP contribution in [0.5, 0.6) is 0 Å². The zero-order valence-corrected chi connectivity index (χ0v) is 12.9. The van der Waals surface area contributed by atoms with Gasteiger partial charge in [0.15, 0.2) is 9.84 Å². The number of hydrogen-bond acceptors (Lipinski definition) is 5. The first kappa shape index (κ1) is 13.7. The van der Waals surface area contributed by atoms with Crippen molar-refractivity contribution in [3.05, 3.63) is 45.9 Å². The van der Waals surface area contributed by atoms with E-state index in [-0.39, 0.29) is 5.75 Å². The maximum atomic E-state index is 12.3. The van der Waals surface area contributed by atoms with Crippen LogP contribution in [0, 0.1) is 6.92 Å². The molecule has 1 aliphatic rings. The third-order valence-corrected chi connectivity index (χ3v) is 6.30. The van der Waals surface area contributed by atoms with Crippen LogP contribution < -0.4 is 0 Å².